The van der Waals surface area contributed by atoms with E-state index in [9.17, 15) is 8.42 Å². The van der Waals surface area contributed by atoms with Crippen LogP contribution in [-0.4, -0.2) is 19.9 Å². The van der Waals surface area contributed by atoms with Gasteiger partial charge in [-0.3, -0.25) is 5.84 Å². The number of aromatic nitrogens is 1. The average molecular weight is 298 g/mol. The predicted molar refractivity (Wildman–Crippen MR) is 78.4 cm³/mol. The summed E-state index contributed by atoms with van der Waals surface area (Å²) in [5.74, 6) is 6.28. The van der Waals surface area contributed by atoms with E-state index in [1.165, 1.54) is 25.5 Å². The van der Waals surface area contributed by atoms with Crippen molar-refractivity contribution in [1.82, 2.24) is 9.71 Å². The molecule has 0 bridgehead atoms. The number of hydrogen-bond acceptors (Lipinski definition) is 5. The Bertz CT molecular complexity index is 547. The summed E-state index contributed by atoms with van der Waals surface area (Å²) in [5.41, 5.74) is 2.67. The second-order valence-corrected chi connectivity index (χ2v) is 7.06. The highest BCUT2D eigenvalue weighted by molar-refractivity contribution is 7.89. The summed E-state index contributed by atoms with van der Waals surface area (Å²) in [6.45, 7) is 2.65. The number of hydrazine groups is 1. The zero-order valence-corrected chi connectivity index (χ0v) is 12.5. The molecular weight excluding hydrogens is 276 g/mol. The van der Waals surface area contributed by atoms with E-state index >= 15 is 0 Å². The molecule has 0 saturated heterocycles. The van der Waals surface area contributed by atoms with Gasteiger partial charge in [0.25, 0.3) is 10.0 Å². The smallest absolute Gasteiger partial charge is 0.260 e. The lowest BCUT2D eigenvalue weighted by Crippen LogP contribution is -2.34. The zero-order chi connectivity index (χ0) is 14.6. The molecule has 0 amide bonds. The molecule has 0 aliphatic heterocycles. The number of pyridine rings is 1. The molecule has 0 spiro atoms. The maximum absolute atomic E-state index is 12.3. The van der Waals surface area contributed by atoms with Crippen molar-refractivity contribution in [2.75, 3.05) is 12.0 Å². The van der Waals surface area contributed by atoms with Crippen molar-refractivity contribution >= 4 is 15.7 Å². The van der Waals surface area contributed by atoms with E-state index in [4.69, 9.17) is 5.84 Å². The Hall–Kier alpha value is -1.18. The van der Waals surface area contributed by atoms with Crippen LogP contribution in [-0.2, 0) is 10.0 Å². The van der Waals surface area contributed by atoms with Gasteiger partial charge in [0.1, 0.15) is 0 Å². The molecule has 2 atom stereocenters. The van der Waals surface area contributed by atoms with E-state index in [1.807, 2.05) is 0 Å². The second kappa shape index (κ2) is 6.51. The summed E-state index contributed by atoms with van der Waals surface area (Å²) in [6, 6.07) is 3.22. The van der Waals surface area contributed by atoms with Gasteiger partial charge >= 0.3 is 0 Å². The first-order valence-corrected chi connectivity index (χ1v) is 8.44. The Morgan fingerprint density at radius 2 is 2.15 bits per heavy atom. The van der Waals surface area contributed by atoms with Gasteiger partial charge in [-0.15, -0.1) is 0 Å². The van der Waals surface area contributed by atoms with Crippen molar-refractivity contribution < 1.29 is 8.42 Å². The van der Waals surface area contributed by atoms with Crippen LogP contribution in [0.5, 0.6) is 0 Å². The van der Waals surface area contributed by atoms with Gasteiger partial charge in [0, 0.05) is 12.7 Å². The minimum atomic E-state index is -3.63. The molecule has 0 aromatic carbocycles. The van der Waals surface area contributed by atoms with Gasteiger partial charge in [0.2, 0.25) is 0 Å². The summed E-state index contributed by atoms with van der Waals surface area (Å²) in [7, 11) is -3.63. The molecule has 2 rings (SSSR count). The Kier molecular flexibility index (Phi) is 4.95. The summed E-state index contributed by atoms with van der Waals surface area (Å²) in [6.07, 6.45) is 6.11. The quantitative estimate of drug-likeness (QED) is 0.565. The number of nitrogens with two attached hydrogens (primary N) is 1. The Morgan fingerprint density at radius 3 is 2.85 bits per heavy atom. The second-order valence-electron chi connectivity index (χ2n) is 5.37. The normalized spacial score (nSPS) is 23.5. The van der Waals surface area contributed by atoms with Crippen molar-refractivity contribution in [1.29, 1.82) is 0 Å². The number of nitrogens with zero attached hydrogens (tertiary/aromatic N) is 1. The van der Waals surface area contributed by atoms with Crippen LogP contribution in [0.4, 0.5) is 5.69 Å². The molecule has 4 N–H and O–H groups in total. The highest BCUT2D eigenvalue weighted by Gasteiger charge is 2.25. The molecule has 1 saturated carbocycles. The summed E-state index contributed by atoms with van der Waals surface area (Å²) < 4.78 is 27.2. The lowest BCUT2D eigenvalue weighted by Gasteiger charge is -2.28. The number of nitrogens with one attached hydrogen (secondary N) is 2. The van der Waals surface area contributed by atoms with Crippen LogP contribution in [0.25, 0.3) is 0 Å². The standard InChI is InChI=1S/C13H22N4O2S/c1-10-5-2-3-6-11(10)9-16-20(18,19)13-12(17-14)7-4-8-15-13/h4,7-8,10-11,16-17H,2-3,5-6,9,14H2,1H3. The summed E-state index contributed by atoms with van der Waals surface area (Å²) in [5, 5.41) is -0.0500. The van der Waals surface area contributed by atoms with Crippen LogP contribution in [0.1, 0.15) is 32.6 Å². The molecule has 1 fully saturated rings. The fourth-order valence-corrected chi connectivity index (χ4v) is 3.88. The van der Waals surface area contributed by atoms with Crippen LogP contribution in [0, 0.1) is 11.8 Å². The van der Waals surface area contributed by atoms with E-state index in [2.05, 4.69) is 22.1 Å². The summed E-state index contributed by atoms with van der Waals surface area (Å²) in [4.78, 5) is 3.91. The number of anilines is 1. The lowest BCUT2D eigenvalue weighted by atomic mass is 9.81. The highest BCUT2D eigenvalue weighted by Crippen LogP contribution is 2.29. The van der Waals surface area contributed by atoms with Gasteiger partial charge in [0.15, 0.2) is 5.03 Å². The average Bonchev–Trinajstić information content (AvgIpc) is 2.46. The molecule has 6 nitrogen and oxygen atoms in total. The molecule has 1 aromatic rings. The van der Waals surface area contributed by atoms with Gasteiger partial charge in [0.05, 0.1) is 5.69 Å². The van der Waals surface area contributed by atoms with Gasteiger partial charge in [-0.1, -0.05) is 26.2 Å². The number of hydrogen-bond donors (Lipinski definition) is 3. The van der Waals surface area contributed by atoms with Gasteiger partial charge in [-0.05, 0) is 30.4 Å². The molecule has 1 aliphatic rings. The van der Waals surface area contributed by atoms with Crippen LogP contribution < -0.4 is 16.0 Å². The molecule has 1 aromatic heterocycles. The molecular formula is C13H22N4O2S. The van der Waals surface area contributed by atoms with E-state index in [1.54, 1.807) is 12.1 Å². The Balaban J connectivity index is 2.07. The molecule has 0 radical (unpaired) electrons. The maximum atomic E-state index is 12.3. The topological polar surface area (TPSA) is 97.1 Å². The third kappa shape index (κ3) is 3.47. The van der Waals surface area contributed by atoms with Crippen molar-refractivity contribution in [3.05, 3.63) is 18.3 Å². The first kappa shape index (κ1) is 15.2. The Morgan fingerprint density at radius 1 is 1.40 bits per heavy atom. The summed E-state index contributed by atoms with van der Waals surface area (Å²) >= 11 is 0. The zero-order valence-electron chi connectivity index (χ0n) is 11.7. The van der Waals surface area contributed by atoms with Crippen molar-refractivity contribution in [2.24, 2.45) is 17.7 Å². The number of nitrogen functional groups attached to an aromatic ring is 1. The van der Waals surface area contributed by atoms with E-state index in [0.717, 1.165) is 6.42 Å². The monoisotopic (exact) mass is 298 g/mol. The Labute approximate surface area is 120 Å². The van der Waals surface area contributed by atoms with E-state index in [-0.39, 0.29) is 5.03 Å². The minimum absolute atomic E-state index is 0.0500. The van der Waals surface area contributed by atoms with E-state index in [0.29, 0.717) is 24.1 Å². The van der Waals surface area contributed by atoms with Gasteiger partial charge in [-0.25, -0.2) is 18.1 Å². The number of rotatable bonds is 5. The maximum Gasteiger partial charge on any atom is 0.260 e. The van der Waals surface area contributed by atoms with Gasteiger partial charge in [-0.2, -0.15) is 0 Å². The van der Waals surface area contributed by atoms with Crippen LogP contribution in [0.3, 0.4) is 0 Å². The fourth-order valence-electron chi connectivity index (χ4n) is 2.70. The molecule has 7 heteroatoms. The van der Waals surface area contributed by atoms with Gasteiger partial charge < -0.3 is 5.43 Å². The third-order valence-electron chi connectivity index (χ3n) is 4.01. The largest absolute Gasteiger partial charge is 0.321 e. The van der Waals surface area contributed by atoms with Crippen molar-refractivity contribution in [3.8, 4) is 0 Å². The molecule has 1 heterocycles. The van der Waals surface area contributed by atoms with Crippen LogP contribution >= 0.6 is 0 Å². The van der Waals surface area contributed by atoms with Crippen LogP contribution in [0.15, 0.2) is 23.4 Å². The molecule has 20 heavy (non-hydrogen) atoms. The molecule has 2 unspecified atom stereocenters. The number of sulfonamides is 1. The van der Waals surface area contributed by atoms with Crippen LogP contribution in [0.2, 0.25) is 0 Å². The van der Waals surface area contributed by atoms with E-state index < -0.39 is 10.0 Å². The third-order valence-corrected chi connectivity index (χ3v) is 5.39. The lowest BCUT2D eigenvalue weighted by molar-refractivity contribution is 0.257. The first-order valence-electron chi connectivity index (χ1n) is 6.96. The SMILES string of the molecule is CC1CCCCC1CNS(=O)(=O)c1ncccc1NN. The highest BCUT2D eigenvalue weighted by atomic mass is 32.2. The molecule has 112 valence electrons. The first-order chi connectivity index (χ1) is 9.54. The fraction of sp³-hybridized carbons (Fsp3) is 0.615. The minimum Gasteiger partial charge on any atom is -0.321 e. The van der Waals surface area contributed by atoms with Crippen molar-refractivity contribution in [3.63, 3.8) is 0 Å². The molecule has 1 aliphatic carbocycles. The van der Waals surface area contributed by atoms with Crippen molar-refractivity contribution in [2.45, 2.75) is 37.6 Å². The predicted octanol–water partition coefficient (Wildman–Crippen LogP) is 1.47.